The molecule has 0 saturated heterocycles. The average molecular weight is 246 g/mol. The van der Waals surface area contributed by atoms with Crippen LogP contribution >= 0.6 is 0 Å². The van der Waals surface area contributed by atoms with Crippen LogP contribution in [0.15, 0.2) is 0 Å². The highest BCUT2D eigenvalue weighted by Gasteiger charge is 2.20. The summed E-state index contributed by atoms with van der Waals surface area (Å²) in [6.45, 7) is 8.61. The molecule has 0 amide bonds. The molecule has 4 heteroatoms. The molecule has 0 radical (unpaired) electrons. The first-order valence-electron chi connectivity index (χ1n) is 6.12. The van der Waals surface area contributed by atoms with Gasteiger partial charge in [-0.25, -0.2) is 0 Å². The van der Waals surface area contributed by atoms with E-state index in [1.165, 1.54) is 0 Å². The van der Waals surface area contributed by atoms with Crippen LogP contribution in [0.25, 0.3) is 0 Å². The topological polar surface area (TPSA) is 35.5 Å². The molecule has 0 unspecified atom stereocenters. The quantitative estimate of drug-likeness (QED) is 0.479. The van der Waals surface area contributed by atoms with E-state index in [9.17, 15) is 4.79 Å². The highest BCUT2D eigenvalue weighted by Crippen LogP contribution is 2.14. The number of carbonyl (C=O) groups is 1. The van der Waals surface area contributed by atoms with Crippen molar-refractivity contribution in [1.29, 1.82) is 0 Å². The number of ether oxygens (including phenoxy) is 2. The van der Waals surface area contributed by atoms with Gasteiger partial charge in [0, 0.05) is 5.41 Å². The van der Waals surface area contributed by atoms with Crippen molar-refractivity contribution in [2.45, 2.75) is 20.8 Å². The summed E-state index contributed by atoms with van der Waals surface area (Å²) in [6.07, 6.45) is 0. The van der Waals surface area contributed by atoms with Crippen molar-refractivity contribution in [3.63, 3.8) is 0 Å². The SMILES string of the molecule is CC(C)(C)C(=O)COCCOCC[N+](C)(C)C. The molecule has 0 bridgehead atoms. The largest absolute Gasteiger partial charge is 0.373 e. The number of quaternary nitrogens is 1. The van der Waals surface area contributed by atoms with Crippen molar-refractivity contribution in [3.05, 3.63) is 0 Å². The fourth-order valence-corrected chi connectivity index (χ4v) is 0.940. The molecule has 0 heterocycles. The van der Waals surface area contributed by atoms with E-state index >= 15 is 0 Å². The Bertz CT molecular complexity index is 226. The van der Waals surface area contributed by atoms with E-state index in [1.54, 1.807) is 0 Å². The molecule has 17 heavy (non-hydrogen) atoms. The summed E-state index contributed by atoms with van der Waals surface area (Å²) in [5, 5.41) is 0. The molecule has 0 aliphatic rings. The lowest BCUT2D eigenvalue weighted by Crippen LogP contribution is -2.37. The Hall–Kier alpha value is -0.450. The Labute approximate surface area is 105 Å². The minimum absolute atomic E-state index is 0.129. The zero-order valence-corrected chi connectivity index (χ0v) is 12.2. The maximum Gasteiger partial charge on any atom is 0.163 e. The van der Waals surface area contributed by atoms with E-state index in [4.69, 9.17) is 9.47 Å². The summed E-state index contributed by atoms with van der Waals surface area (Å²) in [5.41, 5.74) is -0.315. The van der Waals surface area contributed by atoms with Crippen LogP contribution in [0.1, 0.15) is 20.8 Å². The van der Waals surface area contributed by atoms with Crippen LogP contribution in [-0.4, -0.2) is 64.4 Å². The van der Waals surface area contributed by atoms with Gasteiger partial charge in [-0.2, -0.15) is 0 Å². The fraction of sp³-hybridized carbons (Fsp3) is 0.923. The molecule has 0 N–H and O–H groups in total. The van der Waals surface area contributed by atoms with Crippen LogP contribution in [0.3, 0.4) is 0 Å². The Morgan fingerprint density at radius 1 is 1.00 bits per heavy atom. The Kier molecular flexibility index (Phi) is 6.90. The Morgan fingerprint density at radius 3 is 2.00 bits per heavy atom. The standard InChI is InChI=1S/C13H28NO3/c1-13(2,3)12(15)11-17-10-9-16-8-7-14(4,5)6/h7-11H2,1-6H3/q+1. The van der Waals surface area contributed by atoms with E-state index in [-0.39, 0.29) is 17.8 Å². The number of rotatable bonds is 8. The van der Waals surface area contributed by atoms with Crippen molar-refractivity contribution >= 4 is 5.78 Å². The summed E-state index contributed by atoms with van der Waals surface area (Å²) in [5.74, 6) is 0.129. The number of ketones is 1. The molecular formula is C13H28NO3+. The van der Waals surface area contributed by atoms with Gasteiger partial charge in [-0.15, -0.1) is 0 Å². The number of nitrogens with zero attached hydrogens (tertiary/aromatic N) is 1. The smallest absolute Gasteiger partial charge is 0.163 e. The van der Waals surface area contributed by atoms with Gasteiger partial charge in [0.2, 0.25) is 0 Å². The third-order valence-corrected chi connectivity index (χ3v) is 2.35. The molecule has 4 nitrogen and oxygen atoms in total. The van der Waals surface area contributed by atoms with Gasteiger partial charge in [0.25, 0.3) is 0 Å². The van der Waals surface area contributed by atoms with E-state index < -0.39 is 0 Å². The predicted molar refractivity (Wildman–Crippen MR) is 69.0 cm³/mol. The van der Waals surface area contributed by atoms with E-state index in [0.717, 1.165) is 17.6 Å². The summed E-state index contributed by atoms with van der Waals surface area (Å²) in [4.78, 5) is 11.5. The van der Waals surface area contributed by atoms with Gasteiger partial charge in [0.05, 0.1) is 41.0 Å². The normalized spacial score (nSPS) is 12.8. The van der Waals surface area contributed by atoms with Gasteiger partial charge in [0.1, 0.15) is 13.2 Å². The second kappa shape index (κ2) is 7.09. The molecule has 0 fully saturated rings. The highest BCUT2D eigenvalue weighted by molar-refractivity contribution is 5.84. The molecule has 0 aliphatic heterocycles. The van der Waals surface area contributed by atoms with Gasteiger partial charge in [0.15, 0.2) is 5.78 Å². The van der Waals surface area contributed by atoms with Crippen molar-refractivity contribution < 1.29 is 18.8 Å². The first-order valence-corrected chi connectivity index (χ1v) is 6.12. The average Bonchev–Trinajstić information content (AvgIpc) is 2.12. The zero-order chi connectivity index (χ0) is 13.5. The van der Waals surface area contributed by atoms with E-state index in [0.29, 0.717) is 13.2 Å². The van der Waals surface area contributed by atoms with Gasteiger partial charge < -0.3 is 14.0 Å². The fourth-order valence-electron chi connectivity index (χ4n) is 0.940. The first-order chi connectivity index (χ1) is 7.63. The third-order valence-electron chi connectivity index (χ3n) is 2.35. The van der Waals surface area contributed by atoms with Crippen molar-refractivity contribution in [2.24, 2.45) is 5.41 Å². The monoisotopic (exact) mass is 246 g/mol. The zero-order valence-electron chi connectivity index (χ0n) is 12.2. The molecule has 102 valence electrons. The van der Waals surface area contributed by atoms with Crippen molar-refractivity contribution in [1.82, 2.24) is 0 Å². The Balaban J connectivity index is 3.39. The van der Waals surface area contributed by atoms with Gasteiger partial charge in [-0.1, -0.05) is 20.8 Å². The van der Waals surface area contributed by atoms with Crippen molar-refractivity contribution in [2.75, 3.05) is 54.1 Å². The first kappa shape index (κ1) is 16.6. The molecule has 0 aliphatic carbocycles. The maximum absolute atomic E-state index is 11.5. The van der Waals surface area contributed by atoms with Gasteiger partial charge in [-0.3, -0.25) is 4.79 Å². The Morgan fingerprint density at radius 2 is 1.53 bits per heavy atom. The lowest BCUT2D eigenvalue weighted by molar-refractivity contribution is -0.870. The molecule has 0 aromatic rings. The second-order valence-corrected chi connectivity index (χ2v) is 6.35. The molecule has 0 atom stereocenters. The van der Waals surface area contributed by atoms with E-state index in [2.05, 4.69) is 21.1 Å². The van der Waals surface area contributed by atoms with Crippen LogP contribution in [0.4, 0.5) is 0 Å². The van der Waals surface area contributed by atoms with Crippen LogP contribution < -0.4 is 0 Å². The molecule has 0 aromatic carbocycles. The molecular weight excluding hydrogens is 218 g/mol. The van der Waals surface area contributed by atoms with Crippen LogP contribution in [0, 0.1) is 5.41 Å². The third kappa shape index (κ3) is 10.4. The van der Waals surface area contributed by atoms with Crippen LogP contribution in [0.5, 0.6) is 0 Å². The van der Waals surface area contributed by atoms with Gasteiger partial charge >= 0.3 is 0 Å². The number of Topliss-reactive ketones (excluding diaryl/α,β-unsaturated/α-hetero) is 1. The number of hydrogen-bond donors (Lipinski definition) is 0. The predicted octanol–water partition coefficient (Wildman–Crippen LogP) is 1.34. The summed E-state index contributed by atoms with van der Waals surface area (Å²) in [6, 6.07) is 0. The number of likely N-dealkylation sites (N-methyl/N-ethyl adjacent to an activating group) is 1. The summed E-state index contributed by atoms with van der Waals surface area (Å²) in [7, 11) is 6.38. The molecule has 0 saturated carbocycles. The summed E-state index contributed by atoms with van der Waals surface area (Å²) < 4.78 is 11.6. The number of hydrogen-bond acceptors (Lipinski definition) is 3. The van der Waals surface area contributed by atoms with Crippen molar-refractivity contribution in [3.8, 4) is 0 Å². The van der Waals surface area contributed by atoms with E-state index in [1.807, 2.05) is 20.8 Å². The lowest BCUT2D eigenvalue weighted by atomic mass is 9.91. The second-order valence-electron chi connectivity index (χ2n) is 6.35. The van der Waals surface area contributed by atoms with Crippen LogP contribution in [-0.2, 0) is 14.3 Å². The van der Waals surface area contributed by atoms with Crippen LogP contribution in [0.2, 0.25) is 0 Å². The molecule has 0 spiro atoms. The lowest BCUT2D eigenvalue weighted by Gasteiger charge is -2.23. The molecule has 0 rings (SSSR count). The summed E-state index contributed by atoms with van der Waals surface area (Å²) >= 11 is 0. The van der Waals surface area contributed by atoms with Gasteiger partial charge in [-0.05, 0) is 0 Å². The molecule has 0 aromatic heterocycles. The maximum atomic E-state index is 11.5. The number of carbonyl (C=O) groups excluding carboxylic acids is 1. The minimum atomic E-state index is -0.315. The minimum Gasteiger partial charge on any atom is -0.373 e. The highest BCUT2D eigenvalue weighted by atomic mass is 16.5.